The third-order valence-electron chi connectivity index (χ3n) is 6.72. The number of rotatable bonds is 6. The van der Waals surface area contributed by atoms with Crippen molar-refractivity contribution in [3.05, 3.63) is 161 Å². The van der Waals surface area contributed by atoms with E-state index in [1.807, 2.05) is 0 Å². The van der Waals surface area contributed by atoms with Crippen LogP contribution in [0.4, 0.5) is 17.1 Å². The Morgan fingerprint density at radius 1 is 0.308 bits per heavy atom. The number of benzene rings is 6. The van der Waals surface area contributed by atoms with Gasteiger partial charge in [-0.15, -0.1) is 0 Å². The van der Waals surface area contributed by atoms with Crippen molar-refractivity contribution < 1.29 is 0 Å². The zero-order chi connectivity index (χ0) is 26.6. The van der Waals surface area contributed by atoms with Gasteiger partial charge in [-0.1, -0.05) is 123 Å². The van der Waals surface area contributed by atoms with E-state index < -0.39 is 0 Å². The topological polar surface area (TPSA) is 3.24 Å². The van der Waals surface area contributed by atoms with Crippen LogP contribution in [0, 0.1) is 0 Å². The highest BCUT2D eigenvalue weighted by Crippen LogP contribution is 2.38. The Balaban J connectivity index is 1.43. The maximum atomic E-state index is 3.63. The van der Waals surface area contributed by atoms with Crippen LogP contribution in [0.15, 0.2) is 161 Å². The lowest BCUT2D eigenvalue weighted by molar-refractivity contribution is 1.28. The van der Waals surface area contributed by atoms with E-state index in [9.17, 15) is 0 Å². The molecule has 6 rings (SSSR count). The molecule has 0 atom stereocenters. The van der Waals surface area contributed by atoms with Crippen LogP contribution in [0.2, 0.25) is 0 Å². The molecule has 0 fully saturated rings. The van der Waals surface area contributed by atoms with Gasteiger partial charge in [0.25, 0.3) is 0 Å². The summed E-state index contributed by atoms with van der Waals surface area (Å²) in [5, 5.41) is 0. The van der Waals surface area contributed by atoms with E-state index >= 15 is 0 Å². The number of nitrogens with zero attached hydrogens (tertiary/aromatic N) is 1. The average molecular weight is 631 g/mol. The average Bonchev–Trinajstić information content (AvgIpc) is 2.98. The molecule has 0 bridgehead atoms. The lowest BCUT2D eigenvalue weighted by atomic mass is 9.98. The van der Waals surface area contributed by atoms with Crippen LogP contribution in [0.1, 0.15) is 0 Å². The Morgan fingerprint density at radius 3 is 1.31 bits per heavy atom. The monoisotopic (exact) mass is 629 g/mol. The molecule has 6 aromatic carbocycles. The van der Waals surface area contributed by atoms with Gasteiger partial charge >= 0.3 is 0 Å². The summed E-state index contributed by atoms with van der Waals surface area (Å²) in [7, 11) is 0. The quantitative estimate of drug-likeness (QED) is 0.177. The molecule has 0 radical (unpaired) electrons. The van der Waals surface area contributed by atoms with Gasteiger partial charge in [0, 0.05) is 26.0 Å². The van der Waals surface area contributed by atoms with Gasteiger partial charge in [0.05, 0.1) is 0 Å². The Kier molecular flexibility index (Phi) is 7.44. The fourth-order valence-electron chi connectivity index (χ4n) is 4.90. The first-order valence-corrected chi connectivity index (χ1v) is 14.4. The van der Waals surface area contributed by atoms with Gasteiger partial charge in [0.15, 0.2) is 0 Å². The molecule has 0 unspecified atom stereocenters. The number of hydrogen-bond donors (Lipinski definition) is 0. The van der Waals surface area contributed by atoms with Crippen LogP contribution in [-0.4, -0.2) is 0 Å². The van der Waals surface area contributed by atoms with Gasteiger partial charge in [-0.2, -0.15) is 0 Å². The van der Waals surface area contributed by atoms with E-state index in [-0.39, 0.29) is 0 Å². The predicted octanol–water partition coefficient (Wildman–Crippen LogP) is 11.7. The Labute approximate surface area is 246 Å². The molecule has 188 valence electrons. The van der Waals surface area contributed by atoms with Crippen molar-refractivity contribution in [2.24, 2.45) is 0 Å². The van der Waals surface area contributed by atoms with Crippen molar-refractivity contribution in [2.75, 3.05) is 4.90 Å². The zero-order valence-corrected chi connectivity index (χ0v) is 24.3. The van der Waals surface area contributed by atoms with Crippen molar-refractivity contribution in [1.29, 1.82) is 0 Å². The third kappa shape index (κ3) is 5.75. The van der Waals surface area contributed by atoms with Crippen LogP contribution in [0.3, 0.4) is 0 Å². The number of hydrogen-bond acceptors (Lipinski definition) is 1. The van der Waals surface area contributed by atoms with Gasteiger partial charge in [0.2, 0.25) is 0 Å². The molecule has 0 N–H and O–H groups in total. The summed E-state index contributed by atoms with van der Waals surface area (Å²) in [5.41, 5.74) is 10.4. The van der Waals surface area contributed by atoms with Crippen LogP contribution >= 0.6 is 31.9 Å². The normalized spacial score (nSPS) is 10.8. The minimum Gasteiger partial charge on any atom is -0.310 e. The molecule has 0 saturated heterocycles. The van der Waals surface area contributed by atoms with Crippen molar-refractivity contribution in [1.82, 2.24) is 0 Å². The van der Waals surface area contributed by atoms with Crippen LogP contribution < -0.4 is 4.90 Å². The molecule has 0 aliphatic carbocycles. The van der Waals surface area contributed by atoms with Crippen molar-refractivity contribution in [3.8, 4) is 33.4 Å². The van der Waals surface area contributed by atoms with E-state index in [2.05, 4.69) is 188 Å². The molecule has 0 aromatic heterocycles. The third-order valence-corrected chi connectivity index (χ3v) is 7.64. The molecule has 1 nitrogen and oxygen atoms in total. The molecular formula is C36H25Br2N. The Hall–Kier alpha value is -3.92. The molecule has 39 heavy (non-hydrogen) atoms. The summed E-state index contributed by atoms with van der Waals surface area (Å²) >= 11 is 7.26. The SMILES string of the molecule is Brc1cc(Br)cc(-c2cccc(-c3cccc(N(c4ccccc4)c4cccc(-c5ccccc5)c4)c3)c2)c1. The second-order valence-electron chi connectivity index (χ2n) is 9.38. The highest BCUT2D eigenvalue weighted by Gasteiger charge is 2.14. The maximum absolute atomic E-state index is 3.63. The standard InChI is InChI=1S/C36H25Br2N/c37-32-21-31(22-33(38)25-32)28-13-7-12-27(20-28)30-15-9-19-36(24-30)39(34-16-5-2-6-17-34)35-18-8-14-29(23-35)26-10-3-1-4-11-26/h1-25H. The first-order valence-electron chi connectivity index (χ1n) is 12.8. The lowest BCUT2D eigenvalue weighted by Gasteiger charge is -2.26. The molecule has 0 heterocycles. The highest BCUT2D eigenvalue weighted by molar-refractivity contribution is 9.11. The molecule has 0 amide bonds. The van der Waals surface area contributed by atoms with E-state index in [4.69, 9.17) is 0 Å². The van der Waals surface area contributed by atoms with Crippen molar-refractivity contribution in [3.63, 3.8) is 0 Å². The maximum Gasteiger partial charge on any atom is 0.0467 e. The van der Waals surface area contributed by atoms with E-state index in [0.717, 1.165) is 31.6 Å². The number of para-hydroxylation sites is 1. The fraction of sp³-hybridized carbons (Fsp3) is 0. The first kappa shape index (κ1) is 25.4. The molecule has 0 aliphatic rings. The van der Waals surface area contributed by atoms with Gasteiger partial charge in [-0.05, 0) is 94.0 Å². The van der Waals surface area contributed by atoms with E-state index in [0.29, 0.717) is 0 Å². The zero-order valence-electron chi connectivity index (χ0n) is 21.1. The van der Waals surface area contributed by atoms with E-state index in [1.54, 1.807) is 0 Å². The summed E-state index contributed by atoms with van der Waals surface area (Å²) in [6, 6.07) is 53.7. The summed E-state index contributed by atoms with van der Waals surface area (Å²) in [4.78, 5) is 2.32. The van der Waals surface area contributed by atoms with Gasteiger partial charge < -0.3 is 4.90 Å². The number of anilines is 3. The van der Waals surface area contributed by atoms with Crippen LogP contribution in [0.25, 0.3) is 33.4 Å². The second kappa shape index (κ2) is 11.4. The van der Waals surface area contributed by atoms with Gasteiger partial charge in [-0.3, -0.25) is 0 Å². The molecular weight excluding hydrogens is 606 g/mol. The first-order chi connectivity index (χ1) is 19.1. The summed E-state index contributed by atoms with van der Waals surface area (Å²) in [6.07, 6.45) is 0. The Morgan fingerprint density at radius 2 is 0.718 bits per heavy atom. The molecule has 0 aliphatic heterocycles. The van der Waals surface area contributed by atoms with Crippen LogP contribution in [-0.2, 0) is 0 Å². The van der Waals surface area contributed by atoms with Crippen molar-refractivity contribution in [2.45, 2.75) is 0 Å². The van der Waals surface area contributed by atoms with Crippen LogP contribution in [0.5, 0.6) is 0 Å². The van der Waals surface area contributed by atoms with Gasteiger partial charge in [0.1, 0.15) is 0 Å². The molecule has 3 heteroatoms. The molecule has 6 aromatic rings. The largest absolute Gasteiger partial charge is 0.310 e. The molecule has 0 saturated carbocycles. The minimum atomic E-state index is 1.05. The Bertz CT molecular complexity index is 1710. The minimum absolute atomic E-state index is 1.05. The van der Waals surface area contributed by atoms with Gasteiger partial charge in [-0.25, -0.2) is 0 Å². The number of halogens is 2. The lowest BCUT2D eigenvalue weighted by Crippen LogP contribution is -2.10. The smallest absolute Gasteiger partial charge is 0.0467 e. The second-order valence-corrected chi connectivity index (χ2v) is 11.2. The summed E-state index contributed by atoms with van der Waals surface area (Å²) < 4.78 is 2.10. The van der Waals surface area contributed by atoms with Crippen molar-refractivity contribution >= 4 is 48.9 Å². The van der Waals surface area contributed by atoms with E-state index in [1.165, 1.54) is 27.8 Å². The summed E-state index contributed by atoms with van der Waals surface area (Å²) in [5.74, 6) is 0. The predicted molar refractivity (Wildman–Crippen MR) is 173 cm³/mol. The molecule has 0 spiro atoms. The highest BCUT2D eigenvalue weighted by atomic mass is 79.9. The summed E-state index contributed by atoms with van der Waals surface area (Å²) in [6.45, 7) is 0. The fourth-order valence-corrected chi connectivity index (χ4v) is 6.20.